The highest BCUT2D eigenvalue weighted by molar-refractivity contribution is 14.0. The van der Waals surface area contributed by atoms with Gasteiger partial charge >= 0.3 is 0 Å². The summed E-state index contributed by atoms with van der Waals surface area (Å²) in [5, 5.41) is 3.59. The van der Waals surface area contributed by atoms with Crippen LogP contribution in [0.25, 0.3) is 0 Å². The number of hydrogen-bond donors (Lipinski definition) is 1. The van der Waals surface area contributed by atoms with Crippen molar-refractivity contribution in [3.63, 3.8) is 0 Å². The third-order valence-electron chi connectivity index (χ3n) is 5.83. The number of likely N-dealkylation sites (tertiary alicyclic amines) is 1. The second-order valence-electron chi connectivity index (χ2n) is 7.64. The van der Waals surface area contributed by atoms with Gasteiger partial charge in [0.05, 0.1) is 20.3 Å². The van der Waals surface area contributed by atoms with E-state index in [0.29, 0.717) is 18.0 Å². The van der Waals surface area contributed by atoms with Crippen LogP contribution in [0.4, 0.5) is 0 Å². The summed E-state index contributed by atoms with van der Waals surface area (Å²) in [7, 11) is 3.59. The molecule has 2 saturated heterocycles. The molecule has 3 unspecified atom stereocenters. The Morgan fingerprint density at radius 2 is 2.07 bits per heavy atom. The Morgan fingerprint density at radius 3 is 2.71 bits per heavy atom. The molecule has 7 heteroatoms. The van der Waals surface area contributed by atoms with E-state index in [9.17, 15) is 0 Å². The standard InChI is InChI=1S/C21H34N4O2.HI/c1-16(25-11-12-27-15-17(25)2)13-23-21(22-3)24-10-9-19(14-24)18-5-7-20(26-4)8-6-18;/h5-8,16-17,19H,9-15H2,1-4H3,(H,22,23);1H. The predicted octanol–water partition coefficient (Wildman–Crippen LogP) is 2.79. The summed E-state index contributed by atoms with van der Waals surface area (Å²) >= 11 is 0. The lowest BCUT2D eigenvalue weighted by molar-refractivity contribution is -0.0174. The first-order valence-corrected chi connectivity index (χ1v) is 10.1. The molecular formula is C21H35IN4O2. The number of morpholine rings is 1. The molecule has 3 rings (SSSR count). The number of benzene rings is 1. The van der Waals surface area contributed by atoms with Crippen molar-refractivity contribution in [1.29, 1.82) is 0 Å². The van der Waals surface area contributed by atoms with E-state index in [2.05, 4.69) is 58.2 Å². The molecule has 3 atom stereocenters. The summed E-state index contributed by atoms with van der Waals surface area (Å²) in [6.45, 7) is 10.1. The van der Waals surface area contributed by atoms with E-state index in [1.54, 1.807) is 7.11 Å². The predicted molar refractivity (Wildman–Crippen MR) is 125 cm³/mol. The number of aliphatic imine (C=N–C) groups is 1. The van der Waals surface area contributed by atoms with Crippen molar-refractivity contribution < 1.29 is 9.47 Å². The molecule has 28 heavy (non-hydrogen) atoms. The van der Waals surface area contributed by atoms with Crippen LogP contribution in [0.2, 0.25) is 0 Å². The van der Waals surface area contributed by atoms with Gasteiger partial charge in [-0.05, 0) is 38.0 Å². The summed E-state index contributed by atoms with van der Waals surface area (Å²) in [4.78, 5) is 9.43. The Hall–Kier alpha value is -1.06. The molecule has 0 aliphatic carbocycles. The van der Waals surface area contributed by atoms with Crippen LogP contribution < -0.4 is 10.1 Å². The third kappa shape index (κ3) is 5.73. The van der Waals surface area contributed by atoms with Crippen LogP contribution in [0.3, 0.4) is 0 Å². The second kappa shape index (κ2) is 11.2. The Bertz CT molecular complexity index is 625. The van der Waals surface area contributed by atoms with Crippen LogP contribution in [0.1, 0.15) is 31.7 Å². The van der Waals surface area contributed by atoms with Crippen LogP contribution >= 0.6 is 24.0 Å². The van der Waals surface area contributed by atoms with Gasteiger partial charge in [0.25, 0.3) is 0 Å². The normalized spacial score (nSPS) is 24.6. The summed E-state index contributed by atoms with van der Waals surface area (Å²) in [6.07, 6.45) is 1.16. The summed E-state index contributed by atoms with van der Waals surface area (Å²) < 4.78 is 10.8. The lowest BCUT2D eigenvalue weighted by Gasteiger charge is -2.38. The van der Waals surface area contributed by atoms with Crippen LogP contribution in [-0.2, 0) is 4.74 Å². The summed E-state index contributed by atoms with van der Waals surface area (Å²) in [5.41, 5.74) is 1.38. The molecule has 1 aromatic carbocycles. The first-order chi connectivity index (χ1) is 13.1. The number of guanidine groups is 1. The Morgan fingerprint density at radius 1 is 1.32 bits per heavy atom. The van der Waals surface area contributed by atoms with Gasteiger partial charge in [-0.15, -0.1) is 24.0 Å². The summed E-state index contributed by atoms with van der Waals surface area (Å²) in [6, 6.07) is 9.41. The molecule has 158 valence electrons. The van der Waals surface area contributed by atoms with Crippen molar-refractivity contribution in [3.05, 3.63) is 29.8 Å². The molecular weight excluding hydrogens is 467 g/mol. The van der Waals surface area contributed by atoms with Crippen LogP contribution in [0.15, 0.2) is 29.3 Å². The van der Waals surface area contributed by atoms with Gasteiger partial charge in [0, 0.05) is 51.2 Å². The molecule has 1 aromatic rings. The molecule has 2 aliphatic heterocycles. The Kier molecular flexibility index (Phi) is 9.30. The average molecular weight is 502 g/mol. The van der Waals surface area contributed by atoms with Gasteiger partial charge in [0.2, 0.25) is 0 Å². The maximum atomic E-state index is 5.56. The smallest absolute Gasteiger partial charge is 0.193 e. The molecule has 0 radical (unpaired) electrons. The number of nitrogens with one attached hydrogen (secondary N) is 1. The van der Waals surface area contributed by atoms with E-state index >= 15 is 0 Å². The van der Waals surface area contributed by atoms with Crippen molar-refractivity contribution in [3.8, 4) is 5.75 Å². The van der Waals surface area contributed by atoms with Gasteiger partial charge in [-0.25, -0.2) is 0 Å². The minimum atomic E-state index is 0. The van der Waals surface area contributed by atoms with Gasteiger partial charge in [0.15, 0.2) is 5.96 Å². The number of hydrogen-bond acceptors (Lipinski definition) is 4. The van der Waals surface area contributed by atoms with E-state index in [1.165, 1.54) is 5.56 Å². The number of ether oxygens (including phenoxy) is 2. The van der Waals surface area contributed by atoms with Gasteiger partial charge in [-0.2, -0.15) is 0 Å². The minimum Gasteiger partial charge on any atom is -0.497 e. The fraction of sp³-hybridized carbons (Fsp3) is 0.667. The van der Waals surface area contributed by atoms with Crippen LogP contribution in [0.5, 0.6) is 5.75 Å². The van der Waals surface area contributed by atoms with Gasteiger partial charge < -0.3 is 19.7 Å². The lowest BCUT2D eigenvalue weighted by Crippen LogP contribution is -2.53. The monoisotopic (exact) mass is 502 g/mol. The molecule has 2 fully saturated rings. The zero-order valence-electron chi connectivity index (χ0n) is 17.6. The van der Waals surface area contributed by atoms with E-state index in [0.717, 1.165) is 57.5 Å². The largest absolute Gasteiger partial charge is 0.497 e. The number of methoxy groups -OCH3 is 1. The highest BCUT2D eigenvalue weighted by Crippen LogP contribution is 2.28. The third-order valence-corrected chi connectivity index (χ3v) is 5.83. The lowest BCUT2D eigenvalue weighted by atomic mass is 9.98. The molecule has 1 N–H and O–H groups in total. The highest BCUT2D eigenvalue weighted by Gasteiger charge is 2.27. The molecule has 2 heterocycles. The zero-order chi connectivity index (χ0) is 19.2. The van der Waals surface area contributed by atoms with Crippen LogP contribution in [-0.4, -0.2) is 81.4 Å². The number of nitrogens with zero attached hydrogens (tertiary/aromatic N) is 3. The zero-order valence-corrected chi connectivity index (χ0v) is 19.9. The fourth-order valence-corrected chi connectivity index (χ4v) is 4.18. The molecule has 0 amide bonds. The second-order valence-corrected chi connectivity index (χ2v) is 7.64. The quantitative estimate of drug-likeness (QED) is 0.382. The molecule has 0 aromatic heterocycles. The van der Waals surface area contributed by atoms with E-state index in [-0.39, 0.29) is 24.0 Å². The molecule has 0 spiro atoms. The molecule has 0 bridgehead atoms. The average Bonchev–Trinajstić information content (AvgIpc) is 3.18. The van der Waals surface area contributed by atoms with Crippen LogP contribution in [0, 0.1) is 0 Å². The van der Waals surface area contributed by atoms with Crippen molar-refractivity contribution in [1.82, 2.24) is 15.1 Å². The van der Waals surface area contributed by atoms with E-state index in [4.69, 9.17) is 9.47 Å². The van der Waals surface area contributed by atoms with Gasteiger partial charge in [-0.3, -0.25) is 9.89 Å². The molecule has 2 aliphatic rings. The molecule has 6 nitrogen and oxygen atoms in total. The number of rotatable bonds is 5. The van der Waals surface area contributed by atoms with Crippen molar-refractivity contribution in [2.24, 2.45) is 4.99 Å². The fourth-order valence-electron chi connectivity index (χ4n) is 4.18. The first-order valence-electron chi connectivity index (χ1n) is 10.1. The first kappa shape index (κ1) is 23.2. The van der Waals surface area contributed by atoms with Crippen molar-refractivity contribution in [2.75, 3.05) is 53.6 Å². The van der Waals surface area contributed by atoms with Gasteiger partial charge in [-0.1, -0.05) is 12.1 Å². The Labute approximate surface area is 186 Å². The minimum absolute atomic E-state index is 0. The van der Waals surface area contributed by atoms with E-state index in [1.807, 2.05) is 7.05 Å². The number of halogens is 1. The Balaban J connectivity index is 0.00000280. The van der Waals surface area contributed by atoms with E-state index < -0.39 is 0 Å². The van der Waals surface area contributed by atoms with Crippen molar-refractivity contribution in [2.45, 2.75) is 38.3 Å². The highest BCUT2D eigenvalue weighted by atomic mass is 127. The maximum absolute atomic E-state index is 5.56. The van der Waals surface area contributed by atoms with Gasteiger partial charge in [0.1, 0.15) is 5.75 Å². The molecule has 0 saturated carbocycles. The summed E-state index contributed by atoms with van der Waals surface area (Å²) in [5.74, 6) is 2.47. The van der Waals surface area contributed by atoms with Crippen molar-refractivity contribution >= 4 is 29.9 Å². The SMILES string of the molecule is CN=C(NCC(C)N1CCOCC1C)N1CCC(c2ccc(OC)cc2)C1.I. The maximum Gasteiger partial charge on any atom is 0.193 e. The topological polar surface area (TPSA) is 49.3 Å².